The Kier molecular flexibility index (Phi) is 8.26. The fraction of sp³-hybridized carbons (Fsp3) is 0.933. The Balaban J connectivity index is 4.91. The summed E-state index contributed by atoms with van der Waals surface area (Å²) in [6.07, 6.45) is 5.56. The summed E-state index contributed by atoms with van der Waals surface area (Å²) in [6.45, 7) is 11.0. The maximum absolute atomic E-state index is 12.0. The molecule has 0 radical (unpaired) electrons. The van der Waals surface area contributed by atoms with Crippen LogP contribution in [0.2, 0.25) is 0 Å². The number of amides is 1. The monoisotopic (exact) mass is 272 g/mol. The third-order valence-electron chi connectivity index (χ3n) is 4.62. The summed E-state index contributed by atoms with van der Waals surface area (Å²) in [5.74, 6) is 5.20. The van der Waals surface area contributed by atoms with Crippen LogP contribution >= 0.6 is 0 Å². The molecule has 0 fully saturated rings. The standard InChI is InChI=1S/C15H32N2O2/c1-6-11-15(9-4,10-5)19-12-14(7-2,8-3)13(18)17-16/h6-12,16H2,1-5H3,(H,17,18). The summed E-state index contributed by atoms with van der Waals surface area (Å²) in [4.78, 5) is 12.0. The summed E-state index contributed by atoms with van der Waals surface area (Å²) in [5, 5.41) is 0. The summed E-state index contributed by atoms with van der Waals surface area (Å²) < 4.78 is 6.22. The highest BCUT2D eigenvalue weighted by atomic mass is 16.5. The van der Waals surface area contributed by atoms with E-state index in [-0.39, 0.29) is 11.5 Å². The van der Waals surface area contributed by atoms with E-state index in [9.17, 15) is 4.79 Å². The molecular formula is C15H32N2O2. The third kappa shape index (κ3) is 4.46. The molecule has 0 aromatic heterocycles. The van der Waals surface area contributed by atoms with Crippen molar-refractivity contribution < 1.29 is 9.53 Å². The first kappa shape index (κ1) is 18.4. The van der Waals surface area contributed by atoms with E-state index < -0.39 is 5.41 Å². The smallest absolute Gasteiger partial charge is 0.242 e. The Hall–Kier alpha value is -0.610. The summed E-state index contributed by atoms with van der Waals surface area (Å²) >= 11 is 0. The summed E-state index contributed by atoms with van der Waals surface area (Å²) in [7, 11) is 0. The van der Waals surface area contributed by atoms with Gasteiger partial charge >= 0.3 is 0 Å². The van der Waals surface area contributed by atoms with Crippen LogP contribution in [-0.4, -0.2) is 18.1 Å². The van der Waals surface area contributed by atoms with E-state index in [2.05, 4.69) is 26.2 Å². The highest BCUT2D eigenvalue weighted by Gasteiger charge is 2.38. The van der Waals surface area contributed by atoms with E-state index in [0.717, 1.165) is 38.5 Å². The predicted octanol–water partition coefficient (Wildman–Crippen LogP) is 3.16. The number of carbonyl (C=O) groups is 1. The topological polar surface area (TPSA) is 64.3 Å². The molecular weight excluding hydrogens is 240 g/mol. The van der Waals surface area contributed by atoms with Crippen molar-refractivity contribution in [3.05, 3.63) is 0 Å². The molecule has 0 saturated heterocycles. The summed E-state index contributed by atoms with van der Waals surface area (Å²) in [5.41, 5.74) is 1.69. The molecule has 114 valence electrons. The molecule has 4 nitrogen and oxygen atoms in total. The molecule has 0 aliphatic carbocycles. The number of hydrogen-bond donors (Lipinski definition) is 2. The SMILES string of the molecule is CCCC(CC)(CC)OCC(CC)(CC)C(=O)NN. The van der Waals surface area contributed by atoms with Crippen LogP contribution < -0.4 is 11.3 Å². The van der Waals surface area contributed by atoms with E-state index >= 15 is 0 Å². The minimum atomic E-state index is -0.502. The van der Waals surface area contributed by atoms with Crippen molar-refractivity contribution in [3.8, 4) is 0 Å². The highest BCUT2D eigenvalue weighted by molar-refractivity contribution is 5.82. The third-order valence-corrected chi connectivity index (χ3v) is 4.62. The van der Waals surface area contributed by atoms with Crippen LogP contribution in [0.5, 0.6) is 0 Å². The Morgan fingerprint density at radius 1 is 1.05 bits per heavy atom. The Labute approximate surface area is 118 Å². The molecule has 1 amide bonds. The van der Waals surface area contributed by atoms with Gasteiger partial charge in [-0.25, -0.2) is 5.84 Å². The average Bonchev–Trinajstić information content (AvgIpc) is 2.47. The van der Waals surface area contributed by atoms with Gasteiger partial charge in [0.15, 0.2) is 0 Å². The molecule has 0 aromatic carbocycles. The van der Waals surface area contributed by atoms with Crippen LogP contribution in [0.1, 0.15) is 73.1 Å². The lowest BCUT2D eigenvalue weighted by molar-refractivity contribution is -0.144. The van der Waals surface area contributed by atoms with Crippen LogP contribution in [0.25, 0.3) is 0 Å². The van der Waals surface area contributed by atoms with Gasteiger partial charge in [-0.05, 0) is 32.1 Å². The highest BCUT2D eigenvalue weighted by Crippen LogP contribution is 2.33. The first-order chi connectivity index (χ1) is 8.99. The molecule has 0 aliphatic heterocycles. The van der Waals surface area contributed by atoms with Crippen LogP contribution in [-0.2, 0) is 9.53 Å². The Morgan fingerprint density at radius 3 is 1.89 bits per heavy atom. The van der Waals surface area contributed by atoms with Gasteiger partial charge in [-0.3, -0.25) is 10.2 Å². The van der Waals surface area contributed by atoms with Crippen molar-refractivity contribution in [2.24, 2.45) is 11.3 Å². The van der Waals surface area contributed by atoms with Crippen LogP contribution in [0, 0.1) is 5.41 Å². The van der Waals surface area contributed by atoms with Crippen molar-refractivity contribution in [2.45, 2.75) is 78.7 Å². The Morgan fingerprint density at radius 2 is 1.58 bits per heavy atom. The lowest BCUT2D eigenvalue weighted by Gasteiger charge is -2.37. The number of ether oxygens (including phenoxy) is 1. The van der Waals surface area contributed by atoms with Gasteiger partial charge in [-0.1, -0.05) is 41.0 Å². The average molecular weight is 272 g/mol. The first-order valence-electron chi connectivity index (χ1n) is 7.64. The van der Waals surface area contributed by atoms with Gasteiger partial charge < -0.3 is 4.74 Å². The zero-order valence-electron chi connectivity index (χ0n) is 13.3. The van der Waals surface area contributed by atoms with Crippen molar-refractivity contribution in [1.29, 1.82) is 0 Å². The maximum Gasteiger partial charge on any atom is 0.242 e. The zero-order chi connectivity index (χ0) is 14.9. The van der Waals surface area contributed by atoms with Crippen molar-refractivity contribution in [1.82, 2.24) is 5.43 Å². The van der Waals surface area contributed by atoms with Gasteiger partial charge in [0.05, 0.1) is 17.6 Å². The normalized spacial score (nSPS) is 12.5. The van der Waals surface area contributed by atoms with E-state index in [1.807, 2.05) is 13.8 Å². The van der Waals surface area contributed by atoms with Crippen LogP contribution in [0.3, 0.4) is 0 Å². The van der Waals surface area contributed by atoms with Crippen LogP contribution in [0.4, 0.5) is 0 Å². The lowest BCUT2D eigenvalue weighted by Crippen LogP contribution is -2.48. The second-order valence-electron chi connectivity index (χ2n) is 5.39. The minimum Gasteiger partial charge on any atom is -0.374 e. The fourth-order valence-corrected chi connectivity index (χ4v) is 2.62. The minimum absolute atomic E-state index is 0.0980. The van der Waals surface area contributed by atoms with Gasteiger partial charge in [0, 0.05) is 0 Å². The van der Waals surface area contributed by atoms with Crippen molar-refractivity contribution in [2.75, 3.05) is 6.61 Å². The van der Waals surface area contributed by atoms with Crippen molar-refractivity contribution in [3.63, 3.8) is 0 Å². The maximum atomic E-state index is 12.0. The van der Waals surface area contributed by atoms with Gasteiger partial charge in [0.25, 0.3) is 0 Å². The second-order valence-corrected chi connectivity index (χ2v) is 5.39. The van der Waals surface area contributed by atoms with Gasteiger partial charge in [-0.2, -0.15) is 0 Å². The van der Waals surface area contributed by atoms with Gasteiger partial charge in [-0.15, -0.1) is 0 Å². The molecule has 0 aliphatic rings. The molecule has 0 unspecified atom stereocenters. The number of nitrogens with one attached hydrogen (secondary N) is 1. The van der Waals surface area contributed by atoms with Crippen molar-refractivity contribution >= 4 is 5.91 Å². The summed E-state index contributed by atoms with van der Waals surface area (Å²) in [6, 6.07) is 0. The quantitative estimate of drug-likeness (QED) is 0.365. The van der Waals surface area contributed by atoms with E-state index in [1.54, 1.807) is 0 Å². The van der Waals surface area contributed by atoms with Gasteiger partial charge in [0.1, 0.15) is 0 Å². The largest absolute Gasteiger partial charge is 0.374 e. The molecule has 0 bridgehead atoms. The zero-order valence-corrected chi connectivity index (χ0v) is 13.3. The second kappa shape index (κ2) is 8.54. The molecule has 19 heavy (non-hydrogen) atoms. The van der Waals surface area contributed by atoms with E-state index in [0.29, 0.717) is 6.61 Å². The Bertz CT molecular complexity index is 259. The fourth-order valence-electron chi connectivity index (χ4n) is 2.62. The molecule has 0 spiro atoms. The number of hydrogen-bond acceptors (Lipinski definition) is 3. The molecule has 0 aromatic rings. The molecule has 4 heteroatoms. The molecule has 0 atom stereocenters. The lowest BCUT2D eigenvalue weighted by atomic mass is 9.81. The first-order valence-corrected chi connectivity index (χ1v) is 7.64. The van der Waals surface area contributed by atoms with E-state index in [4.69, 9.17) is 10.6 Å². The molecule has 0 rings (SSSR count). The van der Waals surface area contributed by atoms with Gasteiger partial charge in [0.2, 0.25) is 5.91 Å². The number of hydrazine groups is 1. The molecule has 0 saturated carbocycles. The molecule has 3 N–H and O–H groups in total. The number of rotatable bonds is 10. The molecule has 0 heterocycles. The van der Waals surface area contributed by atoms with Crippen LogP contribution in [0.15, 0.2) is 0 Å². The number of nitrogens with two attached hydrogens (primary N) is 1. The predicted molar refractivity (Wildman–Crippen MR) is 79.5 cm³/mol. The number of carbonyl (C=O) groups excluding carboxylic acids is 1. The van der Waals surface area contributed by atoms with E-state index in [1.165, 1.54) is 0 Å².